The summed E-state index contributed by atoms with van der Waals surface area (Å²) in [6.07, 6.45) is -3.71. The molecule has 0 spiro atoms. The van der Waals surface area contributed by atoms with Gasteiger partial charge in [-0.2, -0.15) is 13.2 Å². The molecule has 0 radical (unpaired) electrons. The summed E-state index contributed by atoms with van der Waals surface area (Å²) in [5, 5.41) is 13.7. The molecule has 11 heteroatoms. The standard InChI is InChI=1S/C26H21ClF3N3O4/c27-21-12-11-19(14-20(21)26(28,29)30)32-25(37)33-13-1-2-22(33)23(34)31-18-9-7-16(8-10-18)15-3-5-17(6-4-15)24(35)36/h3-12,14,22H,1-2,13H2,(H,31,34)(H,32,37)(H,35,36)/t22-/m1/s1. The largest absolute Gasteiger partial charge is 0.478 e. The van der Waals surface area contributed by atoms with Crippen molar-refractivity contribution in [2.45, 2.75) is 25.1 Å². The van der Waals surface area contributed by atoms with Gasteiger partial charge >= 0.3 is 18.2 Å². The van der Waals surface area contributed by atoms with Crippen molar-refractivity contribution in [1.29, 1.82) is 0 Å². The molecular weight excluding hydrogens is 511 g/mol. The van der Waals surface area contributed by atoms with Gasteiger partial charge < -0.3 is 20.6 Å². The van der Waals surface area contributed by atoms with Crippen LogP contribution < -0.4 is 10.6 Å². The first-order valence-corrected chi connectivity index (χ1v) is 11.6. The average molecular weight is 532 g/mol. The number of aromatic carboxylic acids is 1. The molecule has 0 unspecified atom stereocenters. The van der Waals surface area contributed by atoms with E-state index in [1.54, 1.807) is 36.4 Å². The molecule has 3 aromatic rings. The minimum absolute atomic E-state index is 0.0836. The van der Waals surface area contributed by atoms with Gasteiger partial charge in [0.2, 0.25) is 5.91 Å². The molecule has 1 heterocycles. The van der Waals surface area contributed by atoms with Crippen LogP contribution in [0.25, 0.3) is 11.1 Å². The first-order chi connectivity index (χ1) is 17.5. The number of benzene rings is 3. The van der Waals surface area contributed by atoms with Crippen LogP contribution in [-0.2, 0) is 11.0 Å². The summed E-state index contributed by atoms with van der Waals surface area (Å²) < 4.78 is 39.4. The Morgan fingerprint density at radius 3 is 2.08 bits per heavy atom. The fourth-order valence-electron chi connectivity index (χ4n) is 4.07. The quantitative estimate of drug-likeness (QED) is 0.357. The molecule has 1 fully saturated rings. The number of carboxylic acids is 1. The van der Waals surface area contributed by atoms with Gasteiger partial charge in [0, 0.05) is 17.9 Å². The zero-order valence-corrected chi connectivity index (χ0v) is 19.9. The Balaban J connectivity index is 1.41. The van der Waals surface area contributed by atoms with E-state index in [4.69, 9.17) is 16.7 Å². The molecule has 1 atom stereocenters. The van der Waals surface area contributed by atoms with Crippen molar-refractivity contribution in [1.82, 2.24) is 4.90 Å². The molecule has 1 aliphatic rings. The van der Waals surface area contributed by atoms with Crippen molar-refractivity contribution in [2.75, 3.05) is 17.2 Å². The second-order valence-electron chi connectivity index (χ2n) is 8.42. The number of carbonyl (C=O) groups is 3. The van der Waals surface area contributed by atoms with Gasteiger partial charge in [-0.15, -0.1) is 0 Å². The van der Waals surface area contributed by atoms with E-state index < -0.39 is 40.7 Å². The van der Waals surface area contributed by atoms with Crippen molar-refractivity contribution in [3.8, 4) is 11.1 Å². The van der Waals surface area contributed by atoms with Crippen LogP contribution in [0, 0.1) is 0 Å². The summed E-state index contributed by atoms with van der Waals surface area (Å²) in [5.41, 5.74) is 1.14. The highest BCUT2D eigenvalue weighted by Crippen LogP contribution is 2.36. The Hall–Kier alpha value is -4.05. The predicted molar refractivity (Wildman–Crippen MR) is 133 cm³/mol. The molecule has 4 rings (SSSR count). The molecule has 0 aliphatic carbocycles. The van der Waals surface area contributed by atoms with E-state index >= 15 is 0 Å². The van der Waals surface area contributed by atoms with Crippen LogP contribution >= 0.6 is 11.6 Å². The fourth-order valence-corrected chi connectivity index (χ4v) is 4.30. The van der Waals surface area contributed by atoms with Crippen LogP contribution in [0.3, 0.4) is 0 Å². The SMILES string of the molecule is O=C(O)c1ccc(-c2ccc(NC(=O)[C@H]3CCCN3C(=O)Nc3ccc(Cl)c(C(F)(F)F)c3)cc2)cc1. The molecule has 1 saturated heterocycles. The Bertz CT molecular complexity index is 1330. The number of anilines is 2. The molecule has 3 N–H and O–H groups in total. The van der Waals surface area contributed by atoms with Gasteiger partial charge in [-0.1, -0.05) is 35.9 Å². The first-order valence-electron chi connectivity index (χ1n) is 11.2. The van der Waals surface area contributed by atoms with Crippen molar-refractivity contribution in [3.05, 3.63) is 82.9 Å². The van der Waals surface area contributed by atoms with Gasteiger partial charge in [0.15, 0.2) is 0 Å². The van der Waals surface area contributed by atoms with Crippen molar-refractivity contribution < 1.29 is 32.7 Å². The van der Waals surface area contributed by atoms with E-state index in [-0.39, 0.29) is 17.8 Å². The van der Waals surface area contributed by atoms with Gasteiger partial charge in [-0.3, -0.25) is 4.79 Å². The van der Waals surface area contributed by atoms with E-state index in [0.717, 1.165) is 23.3 Å². The lowest BCUT2D eigenvalue weighted by Gasteiger charge is -2.24. The van der Waals surface area contributed by atoms with E-state index in [2.05, 4.69) is 10.6 Å². The number of nitrogens with one attached hydrogen (secondary N) is 2. The molecule has 7 nitrogen and oxygen atoms in total. The lowest BCUT2D eigenvalue weighted by Crippen LogP contribution is -2.45. The van der Waals surface area contributed by atoms with E-state index in [1.165, 1.54) is 23.1 Å². The number of likely N-dealkylation sites (tertiary alicyclic amines) is 1. The number of alkyl halides is 3. The van der Waals surface area contributed by atoms with Gasteiger partial charge in [-0.25, -0.2) is 9.59 Å². The molecule has 3 aromatic carbocycles. The second-order valence-corrected chi connectivity index (χ2v) is 8.83. The summed E-state index contributed by atoms with van der Waals surface area (Å²) in [4.78, 5) is 38.0. The third-order valence-corrected chi connectivity index (χ3v) is 6.29. The van der Waals surface area contributed by atoms with Crippen LogP contribution in [0.15, 0.2) is 66.7 Å². The minimum Gasteiger partial charge on any atom is -0.478 e. The van der Waals surface area contributed by atoms with Gasteiger partial charge in [0.25, 0.3) is 0 Å². The lowest BCUT2D eigenvalue weighted by molar-refractivity contribution is -0.137. The maximum Gasteiger partial charge on any atom is 0.417 e. The molecule has 0 bridgehead atoms. The second kappa shape index (κ2) is 10.5. The normalized spacial score (nSPS) is 15.4. The Kier molecular flexibility index (Phi) is 7.40. The average Bonchev–Trinajstić information content (AvgIpc) is 3.35. The topological polar surface area (TPSA) is 98.7 Å². The molecule has 0 aromatic heterocycles. The number of urea groups is 1. The number of hydrogen-bond donors (Lipinski definition) is 3. The predicted octanol–water partition coefficient (Wildman–Crippen LogP) is 6.36. The monoisotopic (exact) mass is 531 g/mol. The number of rotatable bonds is 5. The van der Waals surface area contributed by atoms with E-state index in [9.17, 15) is 27.6 Å². The fraction of sp³-hybridized carbons (Fsp3) is 0.192. The molecule has 37 heavy (non-hydrogen) atoms. The van der Waals surface area contributed by atoms with Gasteiger partial charge in [0.05, 0.1) is 16.1 Å². The zero-order chi connectivity index (χ0) is 26.7. The summed E-state index contributed by atoms with van der Waals surface area (Å²) in [5.74, 6) is -1.43. The maximum absolute atomic E-state index is 13.1. The zero-order valence-electron chi connectivity index (χ0n) is 19.2. The van der Waals surface area contributed by atoms with Crippen LogP contribution in [0.4, 0.5) is 29.3 Å². The third-order valence-electron chi connectivity index (χ3n) is 5.96. The van der Waals surface area contributed by atoms with Crippen molar-refractivity contribution in [2.24, 2.45) is 0 Å². The number of amides is 3. The smallest absolute Gasteiger partial charge is 0.417 e. The Morgan fingerprint density at radius 1 is 0.892 bits per heavy atom. The van der Waals surface area contributed by atoms with Crippen LogP contribution in [0.1, 0.15) is 28.8 Å². The summed E-state index contributed by atoms with van der Waals surface area (Å²) in [6.45, 7) is 0.273. The number of hydrogen-bond acceptors (Lipinski definition) is 3. The lowest BCUT2D eigenvalue weighted by atomic mass is 10.0. The van der Waals surface area contributed by atoms with E-state index in [1.807, 2.05) is 0 Å². The highest BCUT2D eigenvalue weighted by atomic mass is 35.5. The minimum atomic E-state index is -4.68. The Morgan fingerprint density at radius 2 is 1.49 bits per heavy atom. The van der Waals surface area contributed by atoms with Crippen LogP contribution in [0.2, 0.25) is 5.02 Å². The number of carboxylic acid groups (broad SMARTS) is 1. The highest BCUT2D eigenvalue weighted by molar-refractivity contribution is 6.31. The van der Waals surface area contributed by atoms with E-state index in [0.29, 0.717) is 18.5 Å². The highest BCUT2D eigenvalue weighted by Gasteiger charge is 2.36. The Labute approximate surface area is 214 Å². The molecular formula is C26H21ClF3N3O4. The number of halogens is 4. The molecule has 1 aliphatic heterocycles. The summed E-state index contributed by atoms with van der Waals surface area (Å²) in [6, 6.07) is 14.9. The third kappa shape index (κ3) is 6.03. The number of nitrogens with zero attached hydrogens (tertiary/aromatic N) is 1. The molecule has 192 valence electrons. The molecule has 3 amide bonds. The molecule has 0 saturated carbocycles. The van der Waals surface area contributed by atoms with Crippen molar-refractivity contribution >= 4 is 40.9 Å². The van der Waals surface area contributed by atoms with Crippen LogP contribution in [-0.4, -0.2) is 40.5 Å². The first kappa shape index (κ1) is 26.0. The van der Waals surface area contributed by atoms with Crippen molar-refractivity contribution in [3.63, 3.8) is 0 Å². The summed E-state index contributed by atoms with van der Waals surface area (Å²) in [7, 11) is 0. The van der Waals surface area contributed by atoms with Crippen LogP contribution in [0.5, 0.6) is 0 Å². The van der Waals surface area contributed by atoms with Gasteiger partial charge in [0.1, 0.15) is 6.04 Å². The number of carbonyl (C=O) groups excluding carboxylic acids is 2. The summed E-state index contributed by atoms with van der Waals surface area (Å²) >= 11 is 5.63. The maximum atomic E-state index is 13.1. The van der Waals surface area contributed by atoms with Gasteiger partial charge in [-0.05, 0) is 66.4 Å².